The second kappa shape index (κ2) is 15.1. The molecule has 2 saturated carbocycles. The second-order valence-electron chi connectivity index (χ2n) is 15.9. The monoisotopic (exact) mass is 658 g/mol. The van der Waals surface area contributed by atoms with Gasteiger partial charge in [0, 0.05) is 31.8 Å². The van der Waals surface area contributed by atoms with Crippen molar-refractivity contribution in [1.82, 2.24) is 0 Å². The molecule has 0 amide bonds. The Morgan fingerprint density at radius 3 is 1.92 bits per heavy atom. The number of aliphatic hydroxyl groups is 2. The number of hydrogen-bond donors (Lipinski definition) is 2. The number of Topliss-reactive ketones (excluding diaryl/α,β-unsaturated/α-hetero) is 1. The van der Waals surface area contributed by atoms with Gasteiger partial charge < -0.3 is 19.7 Å². The minimum absolute atomic E-state index is 0.0816. The fourth-order valence-electron chi connectivity index (χ4n) is 7.76. The molecule has 1 aliphatic heterocycles. The van der Waals surface area contributed by atoms with Crippen LogP contribution in [0.15, 0.2) is 100 Å². The van der Waals surface area contributed by atoms with Crippen molar-refractivity contribution in [2.75, 3.05) is 0 Å². The van der Waals surface area contributed by atoms with Crippen LogP contribution in [0.4, 0.5) is 0 Å². The van der Waals surface area contributed by atoms with Gasteiger partial charge in [0.15, 0.2) is 5.78 Å². The summed E-state index contributed by atoms with van der Waals surface area (Å²) in [6, 6.07) is 0. The number of allylic oxidation sites excluding steroid dienone is 14. The van der Waals surface area contributed by atoms with Gasteiger partial charge in [-0.15, -0.1) is 5.73 Å². The van der Waals surface area contributed by atoms with Gasteiger partial charge in [0.2, 0.25) is 0 Å². The lowest BCUT2D eigenvalue weighted by Crippen LogP contribution is -2.48. The third-order valence-corrected chi connectivity index (χ3v) is 10.1. The lowest BCUT2D eigenvalue weighted by molar-refractivity contribution is -0.152. The molecule has 2 aliphatic carbocycles. The summed E-state index contributed by atoms with van der Waals surface area (Å²) < 4.78 is 11.6. The lowest BCUT2D eigenvalue weighted by Gasteiger charge is -2.44. The van der Waals surface area contributed by atoms with Crippen LogP contribution in [0, 0.1) is 10.8 Å². The normalized spacial score (nSPS) is 32.4. The smallest absolute Gasteiger partial charge is 0.302 e. The zero-order chi connectivity index (χ0) is 36.1. The molecule has 0 radical (unpaired) electrons. The molecule has 3 aliphatic rings. The fraction of sp³-hybridized carbons (Fsp3) is 0.548. The molecule has 3 fully saturated rings. The average Bonchev–Trinajstić information content (AvgIpc) is 3.53. The van der Waals surface area contributed by atoms with Crippen molar-refractivity contribution in [3.8, 4) is 0 Å². The molecule has 0 bridgehead atoms. The van der Waals surface area contributed by atoms with Crippen molar-refractivity contribution in [3.05, 3.63) is 100 Å². The number of esters is 1. The number of ketones is 1. The molecule has 0 aromatic carbocycles. The van der Waals surface area contributed by atoms with E-state index in [-0.39, 0.29) is 34.8 Å². The van der Waals surface area contributed by atoms with Crippen molar-refractivity contribution in [1.29, 1.82) is 0 Å². The van der Waals surface area contributed by atoms with Crippen LogP contribution in [0.2, 0.25) is 0 Å². The third-order valence-electron chi connectivity index (χ3n) is 10.1. The average molecular weight is 659 g/mol. The quantitative estimate of drug-likeness (QED) is 0.0758. The van der Waals surface area contributed by atoms with Gasteiger partial charge in [-0.2, -0.15) is 0 Å². The van der Waals surface area contributed by atoms with Crippen LogP contribution in [0.5, 0.6) is 0 Å². The van der Waals surface area contributed by atoms with Crippen LogP contribution in [0.3, 0.4) is 0 Å². The summed E-state index contributed by atoms with van der Waals surface area (Å²) in [7, 11) is 0. The summed E-state index contributed by atoms with van der Waals surface area (Å²) in [4.78, 5) is 24.5. The number of fused-ring (bicyclic) bond motifs is 1. The molecule has 48 heavy (non-hydrogen) atoms. The Labute approximate surface area is 289 Å². The largest absolute Gasteiger partial charge is 0.462 e. The Bertz CT molecular complexity index is 1510. The van der Waals surface area contributed by atoms with Gasteiger partial charge in [-0.25, -0.2) is 0 Å². The van der Waals surface area contributed by atoms with Gasteiger partial charge >= 0.3 is 5.97 Å². The zero-order valence-electron chi connectivity index (χ0n) is 31.1. The Morgan fingerprint density at radius 2 is 1.38 bits per heavy atom. The number of carbonyl (C=O) groups is 2. The first-order valence-electron chi connectivity index (χ1n) is 17.1. The fourth-order valence-corrected chi connectivity index (χ4v) is 7.76. The van der Waals surface area contributed by atoms with E-state index in [9.17, 15) is 19.8 Å². The summed E-state index contributed by atoms with van der Waals surface area (Å²) in [6.45, 7) is 21.4. The number of hydrogen-bond acceptors (Lipinski definition) is 6. The summed E-state index contributed by atoms with van der Waals surface area (Å²) in [6.07, 6.45) is 23.6. The van der Waals surface area contributed by atoms with Gasteiger partial charge in [0.05, 0.1) is 17.3 Å². The second-order valence-corrected chi connectivity index (χ2v) is 15.9. The topological polar surface area (TPSA) is 96.4 Å². The van der Waals surface area contributed by atoms with Crippen molar-refractivity contribution in [2.24, 2.45) is 10.8 Å². The summed E-state index contributed by atoms with van der Waals surface area (Å²) >= 11 is 0. The first-order valence-corrected chi connectivity index (χ1v) is 17.1. The maximum atomic E-state index is 13.1. The molecule has 262 valence electrons. The van der Waals surface area contributed by atoms with E-state index in [1.807, 2.05) is 115 Å². The van der Waals surface area contributed by atoms with Gasteiger partial charge in [-0.3, -0.25) is 9.59 Å². The number of carbonyl (C=O) groups excluding carboxylic acids is 2. The Hall–Kier alpha value is -3.28. The molecule has 5 atom stereocenters. The van der Waals surface area contributed by atoms with Crippen LogP contribution < -0.4 is 0 Å². The van der Waals surface area contributed by atoms with Crippen LogP contribution in [-0.4, -0.2) is 51.0 Å². The molecule has 0 aromatic heterocycles. The van der Waals surface area contributed by atoms with E-state index in [1.54, 1.807) is 6.92 Å². The van der Waals surface area contributed by atoms with Gasteiger partial charge in [-0.05, 0) is 82.4 Å². The number of rotatable bonds is 11. The maximum Gasteiger partial charge on any atom is 0.302 e. The molecule has 3 rings (SSSR count). The highest BCUT2D eigenvalue weighted by molar-refractivity contribution is 5.96. The maximum absolute atomic E-state index is 13.1. The predicted molar refractivity (Wildman–Crippen MR) is 194 cm³/mol. The Balaban J connectivity index is 1.54. The van der Waals surface area contributed by atoms with E-state index >= 15 is 0 Å². The van der Waals surface area contributed by atoms with E-state index in [2.05, 4.69) is 19.6 Å². The zero-order valence-corrected chi connectivity index (χ0v) is 31.1. The summed E-state index contributed by atoms with van der Waals surface area (Å²) in [5, 5.41) is 21.4. The molecule has 1 heterocycles. The Kier molecular flexibility index (Phi) is 12.3. The number of epoxide rings is 1. The summed E-state index contributed by atoms with van der Waals surface area (Å²) in [5.41, 5.74) is 5.35. The van der Waals surface area contributed by atoms with E-state index in [1.165, 1.54) is 6.92 Å². The molecule has 0 unspecified atom stereocenters. The Morgan fingerprint density at radius 1 is 0.812 bits per heavy atom. The molecule has 0 aromatic rings. The van der Waals surface area contributed by atoms with Crippen molar-refractivity contribution >= 4 is 11.8 Å². The number of aliphatic hydroxyl groups excluding tert-OH is 1. The van der Waals surface area contributed by atoms with Gasteiger partial charge in [-0.1, -0.05) is 99.6 Å². The van der Waals surface area contributed by atoms with Crippen LogP contribution >= 0.6 is 0 Å². The minimum atomic E-state index is -1.11. The highest BCUT2D eigenvalue weighted by atomic mass is 16.6. The van der Waals surface area contributed by atoms with E-state index in [0.29, 0.717) is 37.7 Å². The van der Waals surface area contributed by atoms with Crippen molar-refractivity contribution < 1.29 is 29.3 Å². The first-order chi connectivity index (χ1) is 22.1. The highest BCUT2D eigenvalue weighted by Crippen LogP contribution is 2.67. The summed E-state index contributed by atoms with van der Waals surface area (Å²) in [5.74, 6) is -0.244. The molecule has 6 nitrogen and oxygen atoms in total. The van der Waals surface area contributed by atoms with Crippen molar-refractivity contribution in [2.45, 2.75) is 137 Å². The molecule has 1 saturated heterocycles. The first kappa shape index (κ1) is 39.2. The van der Waals surface area contributed by atoms with Gasteiger partial charge in [0.25, 0.3) is 0 Å². The van der Waals surface area contributed by atoms with Crippen LogP contribution in [-0.2, 0) is 19.1 Å². The predicted octanol–water partition coefficient (Wildman–Crippen LogP) is 8.69. The highest BCUT2D eigenvalue weighted by Gasteiger charge is 2.76. The number of ether oxygens (including phenoxy) is 2. The molecular formula is C42H58O6. The minimum Gasteiger partial charge on any atom is -0.462 e. The van der Waals surface area contributed by atoms with Crippen molar-refractivity contribution in [3.63, 3.8) is 0 Å². The van der Waals surface area contributed by atoms with Gasteiger partial charge in [0.1, 0.15) is 11.7 Å². The molecule has 2 N–H and O–H groups in total. The SMILES string of the molecule is CC(=O)O[C@@H]1CC(C)(C)C(=C=C/C(C)=C/C=C/C(C)=C/C=C/C=C(C)/C=C/C=C(\C)C(=O)C[C@]23O[C@@]2(C)C[C@@H](O)CC3(C)C)[C@@](C)(O)C1. The van der Waals surface area contributed by atoms with E-state index < -0.39 is 16.8 Å². The third kappa shape index (κ3) is 9.66. The lowest BCUT2D eigenvalue weighted by atomic mass is 9.61. The molecule has 0 spiro atoms. The van der Waals surface area contributed by atoms with Crippen LogP contribution in [0.1, 0.15) is 108 Å². The van der Waals surface area contributed by atoms with E-state index in [4.69, 9.17) is 9.47 Å². The van der Waals surface area contributed by atoms with E-state index in [0.717, 1.165) is 22.3 Å². The molecular weight excluding hydrogens is 600 g/mol. The van der Waals surface area contributed by atoms with Crippen LogP contribution in [0.25, 0.3) is 0 Å². The standard InChI is InChI=1S/C42H58O6/c1-29(18-14-19-31(3)22-23-37-38(6,7)26-35(47-33(5)43)27-40(37,10)46)16-12-13-17-30(2)20-15-21-32(4)36(45)28-42-39(8,9)24-34(44)25-41(42,11)48-42/h12-22,34-35,44,46H,24-28H2,1-11H3/b13-12+,18-14+,20-15+,29-16+,30-17+,31-19+,32-21+/t23?,34-,35+,40-,41-,42+/m0/s1. The molecule has 6 heteroatoms.